The van der Waals surface area contributed by atoms with Gasteiger partial charge in [-0.05, 0) is 48.8 Å². The third kappa shape index (κ3) is 7.10. The number of carbonyl (C=O) groups is 1. The molecule has 0 aromatic heterocycles. The Labute approximate surface area is 151 Å². The molecular weight excluding hydrogens is 310 g/mol. The van der Waals surface area contributed by atoms with Gasteiger partial charge in [-0.25, -0.2) is 0 Å². The van der Waals surface area contributed by atoms with E-state index in [1.807, 2.05) is 12.1 Å². The Morgan fingerprint density at radius 1 is 0.920 bits per heavy atom. The van der Waals surface area contributed by atoms with Gasteiger partial charge in [-0.3, -0.25) is 4.79 Å². The normalized spacial score (nSPS) is 12.5. The molecule has 25 heavy (non-hydrogen) atoms. The standard InChI is InChI=1S/C22H29NO2/c1-17(2)13-21(22(24)25)23-16-20(14-18-9-5-3-6-10-18)15-19-11-7-4-8-12-19/h3-12,17,20-21,23H,13-16H2,1-2H3,(H,24,25)/t21-/m0/s1. The number of carboxylic acid groups (broad SMARTS) is 1. The van der Waals surface area contributed by atoms with Crippen LogP contribution in [0.3, 0.4) is 0 Å². The minimum absolute atomic E-state index is 0.357. The lowest BCUT2D eigenvalue weighted by Gasteiger charge is -2.22. The summed E-state index contributed by atoms with van der Waals surface area (Å²) in [6.45, 7) is 4.82. The Balaban J connectivity index is 2.03. The maximum atomic E-state index is 11.5. The molecular formula is C22H29NO2. The third-order valence-electron chi connectivity index (χ3n) is 4.39. The van der Waals surface area contributed by atoms with E-state index in [2.05, 4.69) is 67.7 Å². The first kappa shape index (κ1) is 19.2. The maximum Gasteiger partial charge on any atom is 0.320 e. The molecule has 0 fully saturated rings. The minimum Gasteiger partial charge on any atom is -0.480 e. The van der Waals surface area contributed by atoms with Crippen LogP contribution in [0.25, 0.3) is 0 Å². The Morgan fingerprint density at radius 3 is 1.80 bits per heavy atom. The van der Waals surface area contributed by atoms with Gasteiger partial charge in [-0.1, -0.05) is 74.5 Å². The number of nitrogens with one attached hydrogen (secondary N) is 1. The van der Waals surface area contributed by atoms with Crippen molar-refractivity contribution in [2.75, 3.05) is 6.54 Å². The van der Waals surface area contributed by atoms with E-state index in [1.165, 1.54) is 11.1 Å². The zero-order valence-corrected chi connectivity index (χ0v) is 15.2. The van der Waals surface area contributed by atoms with E-state index in [-0.39, 0.29) is 0 Å². The third-order valence-corrected chi connectivity index (χ3v) is 4.39. The van der Waals surface area contributed by atoms with Gasteiger partial charge in [0.25, 0.3) is 0 Å². The monoisotopic (exact) mass is 339 g/mol. The fourth-order valence-electron chi connectivity index (χ4n) is 3.16. The molecule has 0 aliphatic heterocycles. The molecule has 0 saturated heterocycles. The van der Waals surface area contributed by atoms with Crippen molar-refractivity contribution < 1.29 is 9.90 Å². The van der Waals surface area contributed by atoms with Gasteiger partial charge in [0.05, 0.1) is 0 Å². The van der Waals surface area contributed by atoms with Crippen LogP contribution in [-0.2, 0) is 17.6 Å². The van der Waals surface area contributed by atoms with Crippen LogP contribution in [-0.4, -0.2) is 23.7 Å². The van der Waals surface area contributed by atoms with Crippen molar-refractivity contribution in [1.29, 1.82) is 0 Å². The topological polar surface area (TPSA) is 49.3 Å². The molecule has 2 aromatic carbocycles. The molecule has 0 saturated carbocycles. The molecule has 0 spiro atoms. The summed E-state index contributed by atoms with van der Waals surface area (Å²) in [4.78, 5) is 11.5. The summed E-state index contributed by atoms with van der Waals surface area (Å²) in [5.74, 6) is -0.0408. The first-order chi connectivity index (χ1) is 12.0. The van der Waals surface area contributed by atoms with Crippen LogP contribution in [0.1, 0.15) is 31.4 Å². The van der Waals surface area contributed by atoms with Crippen LogP contribution < -0.4 is 5.32 Å². The molecule has 3 heteroatoms. The van der Waals surface area contributed by atoms with E-state index >= 15 is 0 Å². The fourth-order valence-corrected chi connectivity index (χ4v) is 3.16. The first-order valence-corrected chi connectivity index (χ1v) is 9.08. The van der Waals surface area contributed by atoms with E-state index in [4.69, 9.17) is 0 Å². The highest BCUT2D eigenvalue weighted by atomic mass is 16.4. The van der Waals surface area contributed by atoms with Gasteiger partial charge in [0.2, 0.25) is 0 Å². The summed E-state index contributed by atoms with van der Waals surface area (Å²) in [5, 5.41) is 12.7. The second-order valence-electron chi connectivity index (χ2n) is 7.17. The highest BCUT2D eigenvalue weighted by Crippen LogP contribution is 2.15. The lowest BCUT2D eigenvalue weighted by Crippen LogP contribution is -2.41. The van der Waals surface area contributed by atoms with E-state index in [9.17, 15) is 9.90 Å². The second-order valence-corrected chi connectivity index (χ2v) is 7.17. The second kappa shape index (κ2) is 10.00. The Bertz CT molecular complexity index is 583. The van der Waals surface area contributed by atoms with Crippen LogP contribution in [0.4, 0.5) is 0 Å². The number of hydrogen-bond donors (Lipinski definition) is 2. The largest absolute Gasteiger partial charge is 0.480 e. The predicted molar refractivity (Wildman–Crippen MR) is 103 cm³/mol. The summed E-state index contributed by atoms with van der Waals surface area (Å²) in [6.07, 6.45) is 2.53. The Hall–Kier alpha value is -2.13. The van der Waals surface area contributed by atoms with Crippen LogP contribution in [0.5, 0.6) is 0 Å². The van der Waals surface area contributed by atoms with Crippen molar-refractivity contribution in [1.82, 2.24) is 5.32 Å². The molecule has 0 unspecified atom stereocenters. The van der Waals surface area contributed by atoms with Gasteiger partial charge in [0, 0.05) is 0 Å². The van der Waals surface area contributed by atoms with Gasteiger partial charge >= 0.3 is 5.97 Å². The molecule has 2 N–H and O–H groups in total. The molecule has 1 atom stereocenters. The number of rotatable bonds is 10. The predicted octanol–water partition coefficient (Wildman–Crippen LogP) is 4.18. The van der Waals surface area contributed by atoms with Crippen molar-refractivity contribution in [3.05, 3.63) is 71.8 Å². The van der Waals surface area contributed by atoms with E-state index in [0.717, 1.165) is 12.8 Å². The molecule has 2 aromatic rings. The van der Waals surface area contributed by atoms with Gasteiger partial charge in [-0.15, -0.1) is 0 Å². The minimum atomic E-state index is -0.758. The van der Waals surface area contributed by atoms with Crippen molar-refractivity contribution in [2.24, 2.45) is 11.8 Å². The van der Waals surface area contributed by atoms with Crippen molar-refractivity contribution in [3.63, 3.8) is 0 Å². The molecule has 0 amide bonds. The lowest BCUT2D eigenvalue weighted by molar-refractivity contribution is -0.140. The summed E-state index contributed by atoms with van der Waals surface area (Å²) in [7, 11) is 0. The van der Waals surface area contributed by atoms with Crippen molar-refractivity contribution in [2.45, 2.75) is 39.2 Å². The number of carboxylic acids is 1. The van der Waals surface area contributed by atoms with Crippen molar-refractivity contribution >= 4 is 5.97 Å². The SMILES string of the molecule is CC(C)C[C@H](NCC(Cc1ccccc1)Cc1ccccc1)C(=O)O. The summed E-state index contributed by atoms with van der Waals surface area (Å²) < 4.78 is 0. The molecule has 2 rings (SSSR count). The van der Waals surface area contributed by atoms with Gasteiger partial charge in [-0.2, -0.15) is 0 Å². The summed E-state index contributed by atoms with van der Waals surface area (Å²) >= 11 is 0. The Kier molecular flexibility index (Phi) is 7.68. The maximum absolute atomic E-state index is 11.5. The van der Waals surface area contributed by atoms with E-state index in [0.29, 0.717) is 24.8 Å². The number of hydrogen-bond acceptors (Lipinski definition) is 2. The first-order valence-electron chi connectivity index (χ1n) is 9.08. The molecule has 134 valence electrons. The molecule has 0 bridgehead atoms. The fraction of sp³-hybridized carbons (Fsp3) is 0.409. The van der Waals surface area contributed by atoms with Crippen LogP contribution >= 0.6 is 0 Å². The average molecular weight is 339 g/mol. The van der Waals surface area contributed by atoms with Crippen LogP contribution in [0, 0.1) is 11.8 Å². The van der Waals surface area contributed by atoms with Gasteiger partial charge in [0.1, 0.15) is 6.04 Å². The number of aliphatic carboxylic acids is 1. The zero-order chi connectivity index (χ0) is 18.1. The summed E-state index contributed by atoms with van der Waals surface area (Å²) in [6, 6.07) is 20.4. The van der Waals surface area contributed by atoms with Gasteiger partial charge < -0.3 is 10.4 Å². The van der Waals surface area contributed by atoms with Crippen molar-refractivity contribution in [3.8, 4) is 0 Å². The lowest BCUT2D eigenvalue weighted by atomic mass is 9.92. The molecule has 0 radical (unpaired) electrons. The van der Waals surface area contributed by atoms with Crippen LogP contribution in [0.2, 0.25) is 0 Å². The molecule has 0 heterocycles. The van der Waals surface area contributed by atoms with E-state index < -0.39 is 12.0 Å². The summed E-state index contributed by atoms with van der Waals surface area (Å²) in [5.41, 5.74) is 2.59. The van der Waals surface area contributed by atoms with Gasteiger partial charge in [0.15, 0.2) is 0 Å². The molecule has 0 aliphatic rings. The molecule has 3 nitrogen and oxygen atoms in total. The highest BCUT2D eigenvalue weighted by Gasteiger charge is 2.20. The van der Waals surface area contributed by atoms with E-state index in [1.54, 1.807) is 0 Å². The highest BCUT2D eigenvalue weighted by molar-refractivity contribution is 5.73. The Morgan fingerprint density at radius 2 is 1.40 bits per heavy atom. The average Bonchev–Trinajstić information content (AvgIpc) is 2.59. The molecule has 0 aliphatic carbocycles. The zero-order valence-electron chi connectivity index (χ0n) is 15.2. The number of benzene rings is 2. The quantitative estimate of drug-likeness (QED) is 0.683. The van der Waals surface area contributed by atoms with Crippen LogP contribution in [0.15, 0.2) is 60.7 Å². The smallest absolute Gasteiger partial charge is 0.320 e.